The van der Waals surface area contributed by atoms with Crippen LogP contribution in [0.2, 0.25) is 0 Å². The molecule has 29 heavy (non-hydrogen) atoms. The second kappa shape index (κ2) is 6.68. The lowest BCUT2D eigenvalue weighted by Crippen LogP contribution is -2.33. The van der Waals surface area contributed by atoms with Crippen molar-refractivity contribution in [1.29, 1.82) is 10.5 Å². The fraction of sp³-hybridized carbons (Fsp3) is 0.261. The molecule has 1 unspecified atom stereocenters. The highest BCUT2D eigenvalue weighted by atomic mass is 16.5. The zero-order valence-electron chi connectivity index (χ0n) is 16.2. The van der Waals surface area contributed by atoms with Crippen LogP contribution in [0.25, 0.3) is 11.3 Å². The van der Waals surface area contributed by atoms with Crippen molar-refractivity contribution in [2.45, 2.75) is 32.6 Å². The van der Waals surface area contributed by atoms with Gasteiger partial charge in [-0.15, -0.1) is 0 Å². The predicted molar refractivity (Wildman–Crippen MR) is 105 cm³/mol. The summed E-state index contributed by atoms with van der Waals surface area (Å²) in [5, 5.41) is 19.1. The van der Waals surface area contributed by atoms with E-state index in [1.54, 1.807) is 30.3 Å². The third-order valence-corrected chi connectivity index (χ3v) is 5.30. The van der Waals surface area contributed by atoms with E-state index in [0.29, 0.717) is 46.8 Å². The van der Waals surface area contributed by atoms with Gasteiger partial charge in [0.1, 0.15) is 28.9 Å². The van der Waals surface area contributed by atoms with Crippen LogP contribution in [0.4, 0.5) is 0 Å². The molecule has 1 atom stereocenters. The first-order chi connectivity index (χ1) is 13.8. The van der Waals surface area contributed by atoms with Crippen molar-refractivity contribution < 1.29 is 13.9 Å². The van der Waals surface area contributed by atoms with E-state index >= 15 is 0 Å². The molecule has 4 rings (SSSR count). The number of furan rings is 1. The van der Waals surface area contributed by atoms with Crippen LogP contribution in [0.15, 0.2) is 63.6 Å². The molecule has 0 spiro atoms. The van der Waals surface area contributed by atoms with Crippen LogP contribution in [0.1, 0.15) is 43.9 Å². The Kier molecular flexibility index (Phi) is 4.28. The number of benzene rings is 1. The van der Waals surface area contributed by atoms with Gasteiger partial charge in [-0.3, -0.25) is 4.79 Å². The van der Waals surface area contributed by atoms with Crippen molar-refractivity contribution in [3.63, 3.8) is 0 Å². The summed E-state index contributed by atoms with van der Waals surface area (Å²) < 4.78 is 11.7. The standard InChI is InChI=1S/C23H19N3O3/c1-23(2)9-16(27)21-19(10-23)29-22(26)15(12-25)20(21)18-8-7-17(28-18)14-6-4-3-5-13(14)11-24/h3-8,20H,9-10,26H2,1-2H3. The molecule has 2 heterocycles. The Morgan fingerprint density at radius 2 is 1.86 bits per heavy atom. The number of nitriles is 2. The lowest BCUT2D eigenvalue weighted by atomic mass is 9.71. The number of ether oxygens (including phenoxy) is 1. The van der Waals surface area contributed by atoms with E-state index < -0.39 is 5.92 Å². The molecule has 0 saturated heterocycles. The molecule has 144 valence electrons. The Bertz CT molecular complexity index is 1170. The highest BCUT2D eigenvalue weighted by Gasteiger charge is 2.44. The summed E-state index contributed by atoms with van der Waals surface area (Å²) in [6, 6.07) is 14.8. The van der Waals surface area contributed by atoms with Gasteiger partial charge in [-0.25, -0.2) is 0 Å². The number of hydrogen-bond donors (Lipinski definition) is 1. The predicted octanol–water partition coefficient (Wildman–Crippen LogP) is 4.27. The fourth-order valence-corrected chi connectivity index (χ4v) is 4.02. The lowest BCUT2D eigenvalue weighted by molar-refractivity contribution is -0.119. The van der Waals surface area contributed by atoms with Crippen molar-refractivity contribution in [3.8, 4) is 23.5 Å². The van der Waals surface area contributed by atoms with Crippen LogP contribution >= 0.6 is 0 Å². The minimum Gasteiger partial charge on any atom is -0.460 e. The topological polar surface area (TPSA) is 113 Å². The van der Waals surface area contributed by atoms with Crippen LogP contribution in [0, 0.1) is 28.1 Å². The van der Waals surface area contributed by atoms with Crippen molar-refractivity contribution >= 4 is 5.78 Å². The first kappa shape index (κ1) is 18.6. The van der Waals surface area contributed by atoms with Crippen molar-refractivity contribution in [2.75, 3.05) is 0 Å². The molecule has 0 saturated carbocycles. The third-order valence-electron chi connectivity index (χ3n) is 5.30. The SMILES string of the molecule is CC1(C)CC(=O)C2=C(C1)OC(N)=C(C#N)C2c1ccc(-c2ccccc2C#N)o1. The van der Waals surface area contributed by atoms with Gasteiger partial charge in [0, 0.05) is 24.0 Å². The van der Waals surface area contributed by atoms with E-state index in [9.17, 15) is 15.3 Å². The molecule has 2 aromatic rings. The second-order valence-electron chi connectivity index (χ2n) is 8.06. The van der Waals surface area contributed by atoms with Crippen molar-refractivity contribution in [1.82, 2.24) is 0 Å². The molecule has 6 heteroatoms. The number of carbonyl (C=O) groups is 1. The number of hydrogen-bond acceptors (Lipinski definition) is 6. The molecule has 0 amide bonds. The van der Waals surface area contributed by atoms with Gasteiger partial charge >= 0.3 is 0 Å². The highest BCUT2D eigenvalue weighted by Crippen LogP contribution is 2.48. The number of rotatable bonds is 2. The van der Waals surface area contributed by atoms with E-state index in [1.807, 2.05) is 19.9 Å². The number of nitrogens with zero attached hydrogens (tertiary/aromatic N) is 2. The number of nitrogens with two attached hydrogens (primary N) is 1. The second-order valence-corrected chi connectivity index (χ2v) is 8.06. The maximum absolute atomic E-state index is 13.0. The van der Waals surface area contributed by atoms with Crippen molar-refractivity contribution in [3.05, 3.63) is 70.5 Å². The van der Waals surface area contributed by atoms with Crippen LogP contribution in [0.3, 0.4) is 0 Å². The zero-order chi connectivity index (χ0) is 20.8. The fourth-order valence-electron chi connectivity index (χ4n) is 4.02. The summed E-state index contributed by atoms with van der Waals surface area (Å²) in [5.41, 5.74) is 7.50. The zero-order valence-corrected chi connectivity index (χ0v) is 16.2. The summed E-state index contributed by atoms with van der Waals surface area (Å²) in [4.78, 5) is 13.0. The maximum Gasteiger partial charge on any atom is 0.205 e. The number of allylic oxidation sites excluding steroid dienone is 3. The Morgan fingerprint density at radius 3 is 2.59 bits per heavy atom. The summed E-state index contributed by atoms with van der Waals surface area (Å²) in [5.74, 6) is 0.633. The van der Waals surface area contributed by atoms with Gasteiger partial charge in [0.05, 0.1) is 17.6 Å². The third kappa shape index (κ3) is 3.09. The van der Waals surface area contributed by atoms with Crippen LogP contribution in [-0.4, -0.2) is 5.78 Å². The van der Waals surface area contributed by atoms with Gasteiger partial charge in [-0.2, -0.15) is 10.5 Å². The van der Waals surface area contributed by atoms with Gasteiger partial charge in [0.25, 0.3) is 0 Å². The van der Waals surface area contributed by atoms with Gasteiger partial charge < -0.3 is 14.9 Å². The molecule has 0 radical (unpaired) electrons. The molecule has 0 fully saturated rings. The summed E-state index contributed by atoms with van der Waals surface area (Å²) in [6.07, 6.45) is 0.907. The Balaban J connectivity index is 1.84. The molecular formula is C23H19N3O3. The van der Waals surface area contributed by atoms with Gasteiger partial charge in [-0.05, 0) is 29.7 Å². The van der Waals surface area contributed by atoms with Crippen LogP contribution in [0.5, 0.6) is 0 Å². The first-order valence-electron chi connectivity index (χ1n) is 9.27. The molecule has 2 aliphatic rings. The molecular weight excluding hydrogens is 366 g/mol. The minimum atomic E-state index is -0.713. The number of ketones is 1. The number of Topliss-reactive ketones (excluding diaryl/α,β-unsaturated/α-hetero) is 1. The smallest absolute Gasteiger partial charge is 0.205 e. The molecule has 6 nitrogen and oxygen atoms in total. The van der Waals surface area contributed by atoms with E-state index in [4.69, 9.17) is 14.9 Å². The van der Waals surface area contributed by atoms with Crippen LogP contribution < -0.4 is 5.73 Å². The average molecular weight is 385 g/mol. The Labute approximate surface area is 168 Å². The van der Waals surface area contributed by atoms with E-state index in [2.05, 4.69) is 12.1 Å². The van der Waals surface area contributed by atoms with Crippen LogP contribution in [-0.2, 0) is 9.53 Å². The number of carbonyl (C=O) groups excluding carboxylic acids is 1. The maximum atomic E-state index is 13.0. The molecule has 2 N–H and O–H groups in total. The van der Waals surface area contributed by atoms with Gasteiger partial charge in [0.2, 0.25) is 5.88 Å². The molecule has 0 bridgehead atoms. The molecule has 1 aromatic carbocycles. The Hall–Kier alpha value is -3.77. The molecule has 1 aromatic heterocycles. The first-order valence-corrected chi connectivity index (χ1v) is 9.27. The van der Waals surface area contributed by atoms with Gasteiger partial charge in [-0.1, -0.05) is 26.0 Å². The van der Waals surface area contributed by atoms with E-state index in [1.165, 1.54) is 0 Å². The van der Waals surface area contributed by atoms with E-state index in [0.717, 1.165) is 0 Å². The minimum absolute atomic E-state index is 0.00266. The summed E-state index contributed by atoms with van der Waals surface area (Å²) in [6.45, 7) is 3.99. The average Bonchev–Trinajstić information content (AvgIpc) is 3.15. The normalized spacial score (nSPS) is 20.6. The molecule has 1 aliphatic heterocycles. The van der Waals surface area contributed by atoms with Gasteiger partial charge in [0.15, 0.2) is 5.78 Å². The largest absolute Gasteiger partial charge is 0.460 e. The highest BCUT2D eigenvalue weighted by molar-refractivity contribution is 5.99. The van der Waals surface area contributed by atoms with E-state index in [-0.39, 0.29) is 22.7 Å². The lowest BCUT2D eigenvalue weighted by Gasteiger charge is -2.36. The Morgan fingerprint density at radius 1 is 1.10 bits per heavy atom. The summed E-state index contributed by atoms with van der Waals surface area (Å²) in [7, 11) is 0. The quantitative estimate of drug-likeness (QED) is 0.826. The molecule has 1 aliphatic carbocycles. The monoisotopic (exact) mass is 385 g/mol. The van der Waals surface area contributed by atoms with Crippen molar-refractivity contribution in [2.24, 2.45) is 11.1 Å². The summed E-state index contributed by atoms with van der Waals surface area (Å²) >= 11 is 0.